The van der Waals surface area contributed by atoms with Crippen molar-refractivity contribution < 1.29 is 4.42 Å². The molecular weight excluding hydrogens is 729 g/mol. The van der Waals surface area contributed by atoms with E-state index in [1.807, 2.05) is 18.2 Å². The van der Waals surface area contributed by atoms with Crippen molar-refractivity contribution in [2.45, 2.75) is 19.3 Å². The molecule has 0 fully saturated rings. The Bertz CT molecular complexity index is 3520. The molecule has 0 N–H and O–H groups in total. The average Bonchev–Trinajstić information content (AvgIpc) is 3.80. The number of hydrogen-bond donors (Lipinski definition) is 0. The predicted molar refractivity (Wildman–Crippen MR) is 249 cm³/mol. The van der Waals surface area contributed by atoms with Gasteiger partial charge in [-0.05, 0) is 103 Å². The Labute approximate surface area is 348 Å². The van der Waals surface area contributed by atoms with E-state index in [9.17, 15) is 0 Å². The van der Waals surface area contributed by atoms with Crippen LogP contribution < -0.4 is 0 Å². The van der Waals surface area contributed by atoms with Crippen molar-refractivity contribution in [3.05, 3.63) is 205 Å². The third-order valence-corrected chi connectivity index (χ3v) is 12.7. The summed E-state index contributed by atoms with van der Waals surface area (Å²) in [5, 5.41) is 7.06. The highest BCUT2D eigenvalue weighted by Crippen LogP contribution is 2.53. The van der Waals surface area contributed by atoms with Gasteiger partial charge in [-0.15, -0.1) is 0 Å². The van der Waals surface area contributed by atoms with E-state index >= 15 is 0 Å². The van der Waals surface area contributed by atoms with Crippen molar-refractivity contribution in [3.8, 4) is 67.3 Å². The minimum absolute atomic E-state index is 0.117. The Morgan fingerprint density at radius 1 is 0.400 bits per heavy atom. The lowest BCUT2D eigenvalue weighted by Gasteiger charge is -2.22. The molecular formula is C57H38N2O. The van der Waals surface area contributed by atoms with Crippen molar-refractivity contribution in [2.24, 2.45) is 0 Å². The van der Waals surface area contributed by atoms with Crippen LogP contribution in [0.5, 0.6) is 0 Å². The summed E-state index contributed by atoms with van der Waals surface area (Å²) >= 11 is 0. The number of aromatic nitrogens is 2. The monoisotopic (exact) mass is 766 g/mol. The second-order valence-electron chi connectivity index (χ2n) is 16.5. The van der Waals surface area contributed by atoms with Crippen molar-refractivity contribution in [1.82, 2.24) is 9.97 Å². The quantitative estimate of drug-likeness (QED) is 0.175. The smallest absolute Gasteiger partial charge is 0.160 e. The lowest BCUT2D eigenvalue weighted by atomic mass is 9.81. The summed E-state index contributed by atoms with van der Waals surface area (Å²) in [6.45, 7) is 4.71. The molecule has 60 heavy (non-hydrogen) atoms. The minimum Gasteiger partial charge on any atom is -0.455 e. The number of rotatable bonds is 5. The fourth-order valence-corrected chi connectivity index (χ4v) is 9.66. The fourth-order valence-electron chi connectivity index (χ4n) is 9.66. The van der Waals surface area contributed by atoms with E-state index in [4.69, 9.17) is 14.4 Å². The molecule has 1 aliphatic carbocycles. The van der Waals surface area contributed by atoms with Gasteiger partial charge in [0.2, 0.25) is 0 Å². The third kappa shape index (κ3) is 5.36. The van der Waals surface area contributed by atoms with Gasteiger partial charge in [-0.1, -0.05) is 166 Å². The molecule has 2 heterocycles. The van der Waals surface area contributed by atoms with Crippen LogP contribution in [0.1, 0.15) is 25.0 Å². The van der Waals surface area contributed by atoms with Gasteiger partial charge in [-0.2, -0.15) is 0 Å². The molecule has 282 valence electrons. The van der Waals surface area contributed by atoms with E-state index in [1.165, 1.54) is 44.0 Å². The fraction of sp³-hybridized carbons (Fsp3) is 0.0526. The van der Waals surface area contributed by atoms with E-state index in [1.54, 1.807) is 0 Å². The van der Waals surface area contributed by atoms with Crippen LogP contribution in [-0.2, 0) is 5.41 Å². The summed E-state index contributed by atoms with van der Waals surface area (Å²) in [7, 11) is 0. The van der Waals surface area contributed by atoms with Crippen molar-refractivity contribution in [2.75, 3.05) is 0 Å². The van der Waals surface area contributed by atoms with Crippen LogP contribution >= 0.6 is 0 Å². The predicted octanol–water partition coefficient (Wildman–Crippen LogP) is 15.3. The highest BCUT2D eigenvalue weighted by atomic mass is 16.3. The molecule has 3 nitrogen and oxygen atoms in total. The second kappa shape index (κ2) is 13.2. The zero-order chi connectivity index (χ0) is 40.0. The third-order valence-electron chi connectivity index (χ3n) is 12.7. The molecule has 0 aliphatic heterocycles. The summed E-state index contributed by atoms with van der Waals surface area (Å²) in [5.74, 6) is 0.692. The van der Waals surface area contributed by atoms with E-state index in [-0.39, 0.29) is 5.41 Å². The maximum Gasteiger partial charge on any atom is 0.160 e. The van der Waals surface area contributed by atoms with Crippen LogP contribution in [0.15, 0.2) is 199 Å². The van der Waals surface area contributed by atoms with E-state index in [2.05, 4.69) is 190 Å². The van der Waals surface area contributed by atoms with Gasteiger partial charge in [0.1, 0.15) is 11.2 Å². The Morgan fingerprint density at radius 2 is 1.00 bits per heavy atom. The van der Waals surface area contributed by atoms with Crippen molar-refractivity contribution in [1.29, 1.82) is 0 Å². The van der Waals surface area contributed by atoms with Gasteiger partial charge in [-0.25, -0.2) is 9.97 Å². The summed E-state index contributed by atoms with van der Waals surface area (Å²) in [6.07, 6.45) is 0. The van der Waals surface area contributed by atoms with Crippen molar-refractivity contribution >= 4 is 43.5 Å². The SMILES string of the molecule is CC1(C)c2cc3ccccc3cc2-c2c(-c3cccc(-c4cc(-c5cccc(-c6cccc7oc8c9ccccc9ccc8c67)c5)nc(-c5ccccc5)n4)c3)cccc21. The number of fused-ring (bicyclic) bond motifs is 9. The van der Waals surface area contributed by atoms with Gasteiger partial charge < -0.3 is 4.42 Å². The summed E-state index contributed by atoms with van der Waals surface area (Å²) < 4.78 is 6.56. The molecule has 3 heteroatoms. The maximum atomic E-state index is 6.56. The standard InChI is InChI=1S/C57H38N2O/c1-57(2)48-26-12-24-43(53(48)47-32-37-17-6-7-18-38(37)33-49(47)57)39-19-10-21-41(30-39)50-34-51(59-56(58-50)36-15-4-3-5-16-36)42-22-11-20-40(31-42)44-25-13-27-52-54(44)46-29-28-35-14-8-9-23-45(35)55(46)60-52/h3-34H,1-2H3. The molecule has 11 aromatic rings. The topological polar surface area (TPSA) is 38.9 Å². The van der Waals surface area contributed by atoms with E-state index in [0.29, 0.717) is 5.82 Å². The number of furan rings is 1. The van der Waals surface area contributed by atoms with Gasteiger partial charge in [-0.3, -0.25) is 0 Å². The lowest BCUT2D eigenvalue weighted by Crippen LogP contribution is -2.14. The number of hydrogen-bond acceptors (Lipinski definition) is 3. The molecule has 0 bridgehead atoms. The molecule has 9 aromatic carbocycles. The molecule has 2 aromatic heterocycles. The van der Waals surface area contributed by atoms with Crippen LogP contribution in [0.25, 0.3) is 111 Å². The van der Waals surface area contributed by atoms with Crippen LogP contribution in [0.3, 0.4) is 0 Å². The Hall–Kier alpha value is -7.62. The average molecular weight is 767 g/mol. The van der Waals surface area contributed by atoms with Gasteiger partial charge in [0, 0.05) is 38.3 Å². The molecule has 0 saturated heterocycles. The first-order valence-electron chi connectivity index (χ1n) is 20.6. The van der Waals surface area contributed by atoms with Gasteiger partial charge >= 0.3 is 0 Å². The van der Waals surface area contributed by atoms with E-state index in [0.717, 1.165) is 72.1 Å². The Kier molecular flexibility index (Phi) is 7.58. The molecule has 12 rings (SSSR count). The molecule has 0 saturated carbocycles. The summed E-state index contributed by atoms with van der Waals surface area (Å²) in [5.41, 5.74) is 16.5. The van der Waals surface area contributed by atoms with Gasteiger partial charge in [0.25, 0.3) is 0 Å². The van der Waals surface area contributed by atoms with E-state index < -0.39 is 0 Å². The van der Waals surface area contributed by atoms with Crippen LogP contribution in [0.4, 0.5) is 0 Å². The minimum atomic E-state index is -0.117. The highest BCUT2D eigenvalue weighted by Gasteiger charge is 2.37. The maximum absolute atomic E-state index is 6.56. The first-order chi connectivity index (χ1) is 29.5. The molecule has 0 unspecified atom stereocenters. The molecule has 0 atom stereocenters. The zero-order valence-electron chi connectivity index (χ0n) is 33.3. The zero-order valence-corrected chi connectivity index (χ0v) is 33.3. The van der Waals surface area contributed by atoms with Crippen LogP contribution in [0.2, 0.25) is 0 Å². The van der Waals surface area contributed by atoms with Crippen LogP contribution in [-0.4, -0.2) is 9.97 Å². The molecule has 0 amide bonds. The Balaban J connectivity index is 0.999. The normalized spacial score (nSPS) is 13.0. The number of benzene rings is 9. The first-order valence-corrected chi connectivity index (χ1v) is 20.6. The lowest BCUT2D eigenvalue weighted by molar-refractivity contribution is 0.661. The number of nitrogens with zero attached hydrogens (tertiary/aromatic N) is 2. The summed E-state index contributed by atoms with van der Waals surface area (Å²) in [6, 6.07) is 69.4. The molecule has 0 radical (unpaired) electrons. The van der Waals surface area contributed by atoms with Gasteiger partial charge in [0.15, 0.2) is 5.82 Å². The molecule has 1 aliphatic rings. The largest absolute Gasteiger partial charge is 0.455 e. The highest BCUT2D eigenvalue weighted by molar-refractivity contribution is 6.19. The summed E-state index contributed by atoms with van der Waals surface area (Å²) in [4.78, 5) is 10.5. The van der Waals surface area contributed by atoms with Crippen molar-refractivity contribution in [3.63, 3.8) is 0 Å². The second-order valence-corrected chi connectivity index (χ2v) is 16.5. The van der Waals surface area contributed by atoms with Crippen LogP contribution in [0, 0.1) is 0 Å². The Morgan fingerprint density at radius 3 is 1.77 bits per heavy atom. The molecule has 0 spiro atoms. The van der Waals surface area contributed by atoms with Gasteiger partial charge in [0.05, 0.1) is 11.4 Å². The first kappa shape index (κ1) is 34.4.